The van der Waals surface area contributed by atoms with Crippen LogP contribution in [0.1, 0.15) is 37.4 Å². The average molecular weight is 640 g/mol. The number of amides is 1. The van der Waals surface area contributed by atoms with Crippen molar-refractivity contribution in [2.24, 2.45) is 5.10 Å². The highest BCUT2D eigenvalue weighted by Gasteiger charge is 2.10. The maximum atomic E-state index is 12.1. The first-order valence-corrected chi connectivity index (χ1v) is 11.3. The highest BCUT2D eigenvalue weighted by Crippen LogP contribution is 2.29. The summed E-state index contributed by atoms with van der Waals surface area (Å²) in [6, 6.07) is 17.7. The van der Waals surface area contributed by atoms with Crippen LogP contribution in [-0.2, 0) is 6.61 Å². The quantitative estimate of drug-likeness (QED) is 0.210. The van der Waals surface area contributed by atoms with Gasteiger partial charge in [0, 0.05) is 5.56 Å². The Labute approximate surface area is 207 Å². The van der Waals surface area contributed by atoms with Crippen LogP contribution in [-0.4, -0.2) is 23.2 Å². The van der Waals surface area contributed by atoms with Gasteiger partial charge in [-0.15, -0.1) is 0 Å². The van der Waals surface area contributed by atoms with E-state index in [9.17, 15) is 9.59 Å². The second-order valence-electron chi connectivity index (χ2n) is 6.67. The minimum absolute atomic E-state index is 0.242. The summed E-state index contributed by atoms with van der Waals surface area (Å²) in [5.41, 5.74) is 6.11. The van der Waals surface area contributed by atoms with Gasteiger partial charge in [0.2, 0.25) is 0 Å². The van der Waals surface area contributed by atoms with Gasteiger partial charge in [-0.25, -0.2) is 10.2 Å². The first-order chi connectivity index (χ1) is 14.8. The SMILES string of the molecule is Cc1ccc(C(=O)N/N=C\c2cc(I)c(OCc3ccc(C(=O)O)cc3)c(I)c2)cc1. The molecule has 0 saturated carbocycles. The van der Waals surface area contributed by atoms with E-state index in [4.69, 9.17) is 9.84 Å². The largest absolute Gasteiger partial charge is 0.487 e. The van der Waals surface area contributed by atoms with Crippen molar-refractivity contribution >= 4 is 63.3 Å². The Morgan fingerprint density at radius 3 is 2.16 bits per heavy atom. The van der Waals surface area contributed by atoms with E-state index in [1.54, 1.807) is 42.6 Å². The lowest BCUT2D eigenvalue weighted by molar-refractivity contribution is 0.0696. The zero-order chi connectivity index (χ0) is 22.4. The van der Waals surface area contributed by atoms with E-state index in [0.29, 0.717) is 12.2 Å². The zero-order valence-corrected chi connectivity index (χ0v) is 20.7. The summed E-state index contributed by atoms with van der Waals surface area (Å²) in [7, 11) is 0. The summed E-state index contributed by atoms with van der Waals surface area (Å²) in [6.45, 7) is 2.29. The molecule has 0 saturated heterocycles. The third kappa shape index (κ3) is 6.50. The molecule has 2 N–H and O–H groups in total. The number of benzene rings is 3. The number of nitrogens with zero attached hydrogens (tertiary/aromatic N) is 1. The molecule has 0 spiro atoms. The number of carboxylic acid groups (broad SMARTS) is 1. The number of aromatic carboxylic acids is 1. The Bertz CT molecular complexity index is 1100. The molecule has 6 nitrogen and oxygen atoms in total. The summed E-state index contributed by atoms with van der Waals surface area (Å²) in [4.78, 5) is 23.1. The van der Waals surface area contributed by atoms with E-state index in [1.165, 1.54) is 0 Å². The van der Waals surface area contributed by atoms with Crippen LogP contribution in [0.15, 0.2) is 65.8 Å². The van der Waals surface area contributed by atoms with E-state index in [1.807, 2.05) is 31.2 Å². The fourth-order valence-electron chi connectivity index (χ4n) is 2.63. The number of carbonyl (C=O) groups is 2. The van der Waals surface area contributed by atoms with Crippen LogP contribution in [0.25, 0.3) is 0 Å². The van der Waals surface area contributed by atoms with E-state index < -0.39 is 5.97 Å². The summed E-state index contributed by atoms with van der Waals surface area (Å²) in [6.07, 6.45) is 1.59. The monoisotopic (exact) mass is 640 g/mol. The average Bonchev–Trinajstić information content (AvgIpc) is 2.74. The Balaban J connectivity index is 1.62. The Morgan fingerprint density at radius 2 is 1.58 bits per heavy atom. The smallest absolute Gasteiger partial charge is 0.335 e. The topological polar surface area (TPSA) is 88.0 Å². The van der Waals surface area contributed by atoms with Crippen molar-refractivity contribution in [2.75, 3.05) is 0 Å². The summed E-state index contributed by atoms with van der Waals surface area (Å²) in [5.74, 6) is -0.484. The molecule has 0 atom stereocenters. The molecule has 0 unspecified atom stereocenters. The van der Waals surface area contributed by atoms with E-state index in [0.717, 1.165) is 29.6 Å². The number of carbonyl (C=O) groups excluding carboxylic acids is 1. The number of halogens is 2. The van der Waals surface area contributed by atoms with Crippen molar-refractivity contribution in [3.8, 4) is 5.75 Å². The van der Waals surface area contributed by atoms with Gasteiger partial charge < -0.3 is 9.84 Å². The molecule has 0 aromatic heterocycles. The molecule has 158 valence electrons. The minimum Gasteiger partial charge on any atom is -0.487 e. The molecule has 31 heavy (non-hydrogen) atoms. The number of hydrogen-bond donors (Lipinski definition) is 2. The summed E-state index contributed by atoms with van der Waals surface area (Å²) < 4.78 is 7.74. The Morgan fingerprint density at radius 1 is 1.00 bits per heavy atom. The lowest BCUT2D eigenvalue weighted by Gasteiger charge is -2.11. The maximum absolute atomic E-state index is 12.1. The third-order valence-corrected chi connectivity index (χ3v) is 5.90. The van der Waals surface area contributed by atoms with Gasteiger partial charge in [0.15, 0.2) is 0 Å². The summed E-state index contributed by atoms with van der Waals surface area (Å²) >= 11 is 4.38. The highest BCUT2D eigenvalue weighted by atomic mass is 127. The van der Waals surface area contributed by atoms with Crippen LogP contribution >= 0.6 is 45.2 Å². The minimum atomic E-state index is -0.955. The van der Waals surface area contributed by atoms with E-state index in [-0.39, 0.29) is 11.5 Å². The lowest BCUT2D eigenvalue weighted by atomic mass is 10.1. The zero-order valence-electron chi connectivity index (χ0n) is 16.4. The number of nitrogens with one attached hydrogen (secondary N) is 1. The normalized spacial score (nSPS) is 10.8. The van der Waals surface area contributed by atoms with Gasteiger partial charge in [-0.05, 0) is 99.6 Å². The molecule has 3 rings (SSSR count). The van der Waals surface area contributed by atoms with Gasteiger partial charge in [-0.2, -0.15) is 5.10 Å². The second kappa shape index (κ2) is 10.7. The Kier molecular flexibility index (Phi) is 8.02. The van der Waals surface area contributed by atoms with Gasteiger partial charge in [-0.3, -0.25) is 4.79 Å². The van der Waals surface area contributed by atoms with Crippen LogP contribution in [0.3, 0.4) is 0 Å². The molecule has 0 aliphatic heterocycles. The first kappa shape index (κ1) is 23.2. The van der Waals surface area contributed by atoms with Gasteiger partial charge in [0.25, 0.3) is 5.91 Å². The number of hydrogen-bond acceptors (Lipinski definition) is 4. The third-order valence-electron chi connectivity index (χ3n) is 4.30. The molecule has 8 heteroatoms. The fourth-order valence-corrected chi connectivity index (χ4v) is 4.75. The van der Waals surface area contributed by atoms with Crippen molar-refractivity contribution in [1.82, 2.24) is 5.43 Å². The standard InChI is InChI=1S/C23H18I2N2O4/c1-14-2-6-17(7-3-14)22(28)27-26-12-16-10-19(24)21(20(25)11-16)31-13-15-4-8-18(9-5-15)23(29)30/h2-12H,13H2,1H3,(H,27,28)(H,29,30)/b26-12-. The predicted octanol–water partition coefficient (Wildman–Crippen LogP) is 5.25. The molecule has 0 heterocycles. The van der Waals surface area contributed by atoms with Crippen LogP contribution in [0, 0.1) is 14.1 Å². The van der Waals surface area contributed by atoms with Crippen molar-refractivity contribution in [3.05, 3.63) is 95.6 Å². The van der Waals surface area contributed by atoms with E-state index >= 15 is 0 Å². The van der Waals surface area contributed by atoms with Gasteiger partial charge in [0.05, 0.1) is 18.9 Å². The first-order valence-electron chi connectivity index (χ1n) is 9.17. The molecular formula is C23H18I2N2O4. The van der Waals surface area contributed by atoms with Crippen LogP contribution in [0.4, 0.5) is 0 Å². The van der Waals surface area contributed by atoms with Crippen molar-refractivity contribution in [2.45, 2.75) is 13.5 Å². The molecule has 1 amide bonds. The molecule has 0 fully saturated rings. The molecule has 0 aliphatic carbocycles. The number of carboxylic acids is 1. The number of ether oxygens (including phenoxy) is 1. The molecule has 0 aliphatic rings. The molecule has 3 aromatic rings. The maximum Gasteiger partial charge on any atom is 0.335 e. The van der Waals surface area contributed by atoms with Gasteiger partial charge in [0.1, 0.15) is 12.4 Å². The number of aryl methyl sites for hydroxylation is 1. The summed E-state index contributed by atoms with van der Waals surface area (Å²) in [5, 5.41) is 13.0. The lowest BCUT2D eigenvalue weighted by Crippen LogP contribution is -2.17. The van der Waals surface area contributed by atoms with Crippen molar-refractivity contribution in [3.63, 3.8) is 0 Å². The molecule has 0 radical (unpaired) electrons. The number of hydrazone groups is 1. The molecule has 0 bridgehead atoms. The fraction of sp³-hybridized carbons (Fsp3) is 0.0870. The molecule has 3 aromatic carbocycles. The van der Waals surface area contributed by atoms with Crippen LogP contribution in [0.2, 0.25) is 0 Å². The van der Waals surface area contributed by atoms with Crippen molar-refractivity contribution in [1.29, 1.82) is 0 Å². The van der Waals surface area contributed by atoms with Crippen LogP contribution in [0.5, 0.6) is 5.75 Å². The van der Waals surface area contributed by atoms with Gasteiger partial charge in [-0.1, -0.05) is 29.8 Å². The Hall–Kier alpha value is -2.47. The highest BCUT2D eigenvalue weighted by molar-refractivity contribution is 14.1. The van der Waals surface area contributed by atoms with Crippen molar-refractivity contribution < 1.29 is 19.4 Å². The van der Waals surface area contributed by atoms with E-state index in [2.05, 4.69) is 55.7 Å². The molecular weight excluding hydrogens is 622 g/mol. The van der Waals surface area contributed by atoms with Gasteiger partial charge >= 0.3 is 5.97 Å². The second-order valence-corrected chi connectivity index (χ2v) is 8.99. The van der Waals surface area contributed by atoms with Crippen LogP contribution < -0.4 is 10.2 Å². The predicted molar refractivity (Wildman–Crippen MR) is 136 cm³/mol. The number of rotatable bonds is 7.